The molecule has 1 aliphatic carbocycles. The van der Waals surface area contributed by atoms with Gasteiger partial charge in [-0.25, -0.2) is 22.9 Å². The first kappa shape index (κ1) is 30.4. The van der Waals surface area contributed by atoms with Crippen LogP contribution in [0.3, 0.4) is 0 Å². The summed E-state index contributed by atoms with van der Waals surface area (Å²) in [4.78, 5) is 32.4. The van der Waals surface area contributed by atoms with Gasteiger partial charge in [0.15, 0.2) is 11.6 Å². The molecule has 2 aromatic carbocycles. The number of carbonyl (C=O) groups excluding carboxylic acids is 1. The van der Waals surface area contributed by atoms with E-state index in [4.69, 9.17) is 9.90 Å². The monoisotopic (exact) mass is 571 g/mol. The Kier molecular flexibility index (Phi) is 9.77. The lowest BCUT2D eigenvalue weighted by Crippen LogP contribution is -2.34. The maximum atomic E-state index is 13.8. The number of anilines is 2. The zero-order valence-electron chi connectivity index (χ0n) is 21.5. The van der Waals surface area contributed by atoms with Gasteiger partial charge in [0, 0.05) is 38.1 Å². The van der Waals surface area contributed by atoms with Crippen LogP contribution in [-0.4, -0.2) is 59.8 Å². The van der Waals surface area contributed by atoms with Gasteiger partial charge in [-0.05, 0) is 49.8 Å². The van der Waals surface area contributed by atoms with E-state index < -0.39 is 41.1 Å². The van der Waals surface area contributed by atoms with Gasteiger partial charge >= 0.3 is 12.1 Å². The minimum atomic E-state index is -5.08. The SMILES string of the molecule is CN(C)c1nc(NC2CCC(CNC(=O)c3cc(F)c(F)cc3F)CC2)nc2ccccc12.O=C(O)C(F)(F)F. The molecule has 8 nitrogen and oxygen atoms in total. The van der Waals surface area contributed by atoms with Crippen LogP contribution < -0.4 is 15.5 Å². The van der Waals surface area contributed by atoms with E-state index in [-0.39, 0.29) is 12.0 Å². The number of para-hydroxylation sites is 1. The molecule has 0 atom stereocenters. The van der Waals surface area contributed by atoms with Gasteiger partial charge in [-0.2, -0.15) is 18.2 Å². The molecule has 4 rings (SSSR count). The second-order valence-electron chi connectivity index (χ2n) is 9.40. The van der Waals surface area contributed by atoms with Gasteiger partial charge in [0.05, 0.1) is 11.1 Å². The molecule has 0 aliphatic heterocycles. The minimum Gasteiger partial charge on any atom is -0.475 e. The van der Waals surface area contributed by atoms with Crippen molar-refractivity contribution in [2.24, 2.45) is 5.92 Å². The van der Waals surface area contributed by atoms with Crippen LogP contribution in [0.2, 0.25) is 0 Å². The third-order valence-electron chi connectivity index (χ3n) is 6.24. The molecule has 1 heterocycles. The Morgan fingerprint density at radius 3 is 2.17 bits per heavy atom. The van der Waals surface area contributed by atoms with Gasteiger partial charge in [-0.15, -0.1) is 0 Å². The number of amides is 1. The van der Waals surface area contributed by atoms with Crippen molar-refractivity contribution in [1.29, 1.82) is 0 Å². The van der Waals surface area contributed by atoms with Gasteiger partial charge in [0.1, 0.15) is 11.6 Å². The average molecular weight is 572 g/mol. The summed E-state index contributed by atoms with van der Waals surface area (Å²) in [6.45, 7) is 0.348. The Bertz CT molecular complexity index is 1360. The van der Waals surface area contributed by atoms with Crippen molar-refractivity contribution >= 4 is 34.5 Å². The van der Waals surface area contributed by atoms with E-state index in [1.54, 1.807) is 0 Å². The standard InChI is InChI=1S/C24H26F3N5O.C2HF3O2/c1-32(2)22-16-5-3-4-6-21(16)30-24(31-22)29-15-9-7-14(8-10-15)13-28-23(33)17-11-19(26)20(27)12-18(17)25;3-2(4,5)1(6)7/h3-6,11-12,14-15H,7-10,13H2,1-2H3,(H,28,33)(H,29,30,31);(H,6,7). The van der Waals surface area contributed by atoms with Gasteiger partial charge in [-0.1, -0.05) is 12.1 Å². The van der Waals surface area contributed by atoms with Gasteiger partial charge in [-0.3, -0.25) is 4.79 Å². The Balaban J connectivity index is 0.000000559. The minimum absolute atomic E-state index is 0.205. The number of nitrogens with one attached hydrogen (secondary N) is 2. The quantitative estimate of drug-likeness (QED) is 0.278. The lowest BCUT2D eigenvalue weighted by Gasteiger charge is -2.29. The molecule has 40 heavy (non-hydrogen) atoms. The molecule has 216 valence electrons. The fourth-order valence-electron chi connectivity index (χ4n) is 4.19. The Hall–Kier alpha value is -4.10. The first-order valence-corrected chi connectivity index (χ1v) is 12.2. The largest absolute Gasteiger partial charge is 0.490 e. The molecule has 0 unspecified atom stereocenters. The van der Waals surface area contributed by atoms with Crippen molar-refractivity contribution in [3.63, 3.8) is 0 Å². The number of benzene rings is 2. The number of carboxylic acid groups (broad SMARTS) is 1. The predicted octanol–water partition coefficient (Wildman–Crippen LogP) is 5.15. The van der Waals surface area contributed by atoms with Crippen LogP contribution in [0.1, 0.15) is 36.0 Å². The summed E-state index contributed by atoms with van der Waals surface area (Å²) in [5.41, 5.74) is 0.383. The smallest absolute Gasteiger partial charge is 0.475 e. The van der Waals surface area contributed by atoms with Crippen molar-refractivity contribution in [2.45, 2.75) is 37.9 Å². The van der Waals surface area contributed by atoms with Crippen molar-refractivity contribution in [2.75, 3.05) is 30.9 Å². The molecule has 3 aromatic rings. The van der Waals surface area contributed by atoms with E-state index in [1.807, 2.05) is 43.3 Å². The van der Waals surface area contributed by atoms with Crippen LogP contribution >= 0.6 is 0 Å². The fraction of sp³-hybridized carbons (Fsp3) is 0.385. The normalized spacial score (nSPS) is 17.0. The number of hydrogen-bond acceptors (Lipinski definition) is 6. The highest BCUT2D eigenvalue weighted by Crippen LogP contribution is 2.28. The van der Waals surface area contributed by atoms with E-state index in [0.717, 1.165) is 42.4 Å². The molecule has 14 heteroatoms. The number of rotatable bonds is 6. The number of nitrogens with zero attached hydrogens (tertiary/aromatic N) is 3. The highest BCUT2D eigenvalue weighted by molar-refractivity contribution is 5.94. The molecule has 1 amide bonds. The molecular weight excluding hydrogens is 544 g/mol. The number of alkyl halides is 3. The molecule has 0 saturated heterocycles. The second kappa shape index (κ2) is 12.8. The van der Waals surface area contributed by atoms with Crippen molar-refractivity contribution in [3.8, 4) is 0 Å². The highest BCUT2D eigenvalue weighted by Gasteiger charge is 2.38. The van der Waals surface area contributed by atoms with Crippen LogP contribution in [0, 0.1) is 23.4 Å². The first-order chi connectivity index (χ1) is 18.8. The van der Waals surface area contributed by atoms with Crippen LogP contribution in [0.4, 0.5) is 38.1 Å². The van der Waals surface area contributed by atoms with Crippen molar-refractivity contribution in [3.05, 3.63) is 59.4 Å². The summed E-state index contributed by atoms with van der Waals surface area (Å²) in [6.07, 6.45) is -1.64. The summed E-state index contributed by atoms with van der Waals surface area (Å²) >= 11 is 0. The lowest BCUT2D eigenvalue weighted by atomic mass is 9.86. The number of aliphatic carboxylic acids is 1. The van der Waals surface area contributed by atoms with E-state index in [1.165, 1.54) is 0 Å². The van der Waals surface area contributed by atoms with Gasteiger partial charge in [0.2, 0.25) is 5.95 Å². The predicted molar refractivity (Wildman–Crippen MR) is 136 cm³/mol. The third kappa shape index (κ3) is 7.96. The van der Waals surface area contributed by atoms with Crippen molar-refractivity contribution in [1.82, 2.24) is 15.3 Å². The van der Waals surface area contributed by atoms with Gasteiger partial charge in [0.25, 0.3) is 5.91 Å². The number of halogens is 6. The number of carboxylic acids is 1. The summed E-state index contributed by atoms with van der Waals surface area (Å²) < 4.78 is 71.9. The maximum absolute atomic E-state index is 13.8. The Morgan fingerprint density at radius 2 is 1.57 bits per heavy atom. The van der Waals surface area contributed by atoms with Crippen LogP contribution in [0.15, 0.2) is 36.4 Å². The molecule has 1 aromatic heterocycles. The van der Waals surface area contributed by atoms with E-state index in [2.05, 4.69) is 20.6 Å². The number of carbonyl (C=O) groups is 2. The summed E-state index contributed by atoms with van der Waals surface area (Å²) in [5.74, 6) is -5.49. The Labute approximate surface area is 225 Å². The van der Waals surface area contributed by atoms with Crippen LogP contribution in [0.5, 0.6) is 0 Å². The second-order valence-corrected chi connectivity index (χ2v) is 9.40. The highest BCUT2D eigenvalue weighted by atomic mass is 19.4. The first-order valence-electron chi connectivity index (χ1n) is 12.2. The number of hydrogen-bond donors (Lipinski definition) is 3. The van der Waals surface area contributed by atoms with Crippen molar-refractivity contribution < 1.29 is 41.0 Å². The third-order valence-corrected chi connectivity index (χ3v) is 6.24. The lowest BCUT2D eigenvalue weighted by molar-refractivity contribution is -0.192. The van der Waals surface area contributed by atoms with Gasteiger partial charge < -0.3 is 20.6 Å². The fourth-order valence-corrected chi connectivity index (χ4v) is 4.19. The summed E-state index contributed by atoms with van der Waals surface area (Å²) in [5, 5.41) is 14.2. The molecule has 0 spiro atoms. The van der Waals surface area contributed by atoms with E-state index >= 15 is 0 Å². The molecular formula is C26H27F6N5O3. The molecule has 1 saturated carbocycles. The average Bonchev–Trinajstić information content (AvgIpc) is 2.89. The zero-order chi connectivity index (χ0) is 29.6. The molecule has 0 bridgehead atoms. The van der Waals surface area contributed by atoms with Crippen LogP contribution in [-0.2, 0) is 4.79 Å². The summed E-state index contributed by atoms with van der Waals surface area (Å²) in [7, 11) is 3.90. The number of fused-ring (bicyclic) bond motifs is 1. The maximum Gasteiger partial charge on any atom is 0.490 e. The van der Waals surface area contributed by atoms with E-state index in [0.29, 0.717) is 24.6 Å². The Morgan fingerprint density at radius 1 is 0.975 bits per heavy atom. The zero-order valence-corrected chi connectivity index (χ0v) is 21.5. The summed E-state index contributed by atoms with van der Waals surface area (Å²) in [6, 6.07) is 9.06. The van der Waals surface area contributed by atoms with Crippen LogP contribution in [0.25, 0.3) is 10.9 Å². The molecule has 1 fully saturated rings. The van der Waals surface area contributed by atoms with E-state index in [9.17, 15) is 31.1 Å². The topological polar surface area (TPSA) is 107 Å². The molecule has 0 radical (unpaired) electrons. The molecule has 1 aliphatic rings. The molecule has 3 N–H and O–H groups in total. The number of aromatic nitrogens is 2.